The van der Waals surface area contributed by atoms with E-state index >= 15 is 0 Å². The molecule has 0 unspecified atom stereocenters. The van der Waals surface area contributed by atoms with Crippen molar-refractivity contribution in [2.45, 2.75) is 39.5 Å². The molecule has 0 spiro atoms. The van der Waals surface area contributed by atoms with Gasteiger partial charge in [0, 0.05) is 6.54 Å². The van der Waals surface area contributed by atoms with Crippen molar-refractivity contribution >= 4 is 17.8 Å². The Morgan fingerprint density at radius 1 is 1.11 bits per heavy atom. The molecule has 0 aliphatic carbocycles. The zero-order valence-electron chi connectivity index (χ0n) is 15.9. The van der Waals surface area contributed by atoms with Gasteiger partial charge in [-0.25, -0.2) is 9.18 Å². The third kappa shape index (κ3) is 5.94. The lowest BCUT2D eigenvalue weighted by Crippen LogP contribution is -2.47. The maximum atomic E-state index is 12.9. The molecule has 1 aromatic heterocycles. The van der Waals surface area contributed by atoms with Gasteiger partial charge in [-0.1, -0.05) is 26.0 Å². The van der Waals surface area contributed by atoms with Crippen LogP contribution in [0.4, 0.5) is 4.39 Å². The average Bonchev–Trinajstić information content (AvgIpc) is 3.19. The molecular weight excluding hydrogens is 367 g/mol. The number of hydrogen-bond acceptors (Lipinski definition) is 5. The summed E-state index contributed by atoms with van der Waals surface area (Å²) in [6.07, 6.45) is 0.292. The van der Waals surface area contributed by atoms with E-state index in [0.29, 0.717) is 5.56 Å². The molecule has 2 atom stereocenters. The van der Waals surface area contributed by atoms with Gasteiger partial charge in [0.05, 0.1) is 6.26 Å². The number of nitrogens with one attached hydrogen (secondary N) is 2. The second-order valence-electron chi connectivity index (χ2n) is 6.60. The van der Waals surface area contributed by atoms with E-state index in [9.17, 15) is 18.8 Å². The molecular formula is C20H23FN2O5. The van der Waals surface area contributed by atoms with Crippen molar-refractivity contribution in [1.29, 1.82) is 0 Å². The second-order valence-corrected chi connectivity index (χ2v) is 6.60. The normalized spacial score (nSPS) is 12.9. The van der Waals surface area contributed by atoms with Gasteiger partial charge in [-0.15, -0.1) is 0 Å². The summed E-state index contributed by atoms with van der Waals surface area (Å²) in [5.41, 5.74) is 0.707. The highest BCUT2D eigenvalue weighted by Crippen LogP contribution is 2.09. The molecule has 2 amide bonds. The maximum Gasteiger partial charge on any atom is 0.329 e. The number of hydrogen-bond donors (Lipinski definition) is 2. The van der Waals surface area contributed by atoms with Gasteiger partial charge in [-0.2, -0.15) is 0 Å². The Labute approximate surface area is 162 Å². The number of furan rings is 1. The molecule has 0 saturated heterocycles. The van der Waals surface area contributed by atoms with E-state index in [4.69, 9.17) is 9.15 Å². The molecule has 28 heavy (non-hydrogen) atoms. The molecule has 1 heterocycles. The molecule has 2 aromatic rings. The number of amides is 2. The van der Waals surface area contributed by atoms with E-state index < -0.39 is 29.9 Å². The second kappa shape index (κ2) is 9.68. The SMILES string of the molecule is CC(C)[C@H](NC(=O)c1ccco1)C(=O)O[C@H](C)C(=O)NCc1ccc(F)cc1. The van der Waals surface area contributed by atoms with Gasteiger partial charge >= 0.3 is 5.97 Å². The van der Waals surface area contributed by atoms with Crippen LogP contribution in [0.5, 0.6) is 0 Å². The molecule has 0 bridgehead atoms. The van der Waals surface area contributed by atoms with Crippen molar-refractivity contribution < 1.29 is 27.9 Å². The summed E-state index contributed by atoms with van der Waals surface area (Å²) in [5, 5.41) is 5.17. The fraction of sp³-hybridized carbons (Fsp3) is 0.350. The van der Waals surface area contributed by atoms with E-state index in [0.717, 1.165) is 0 Å². The molecule has 2 N–H and O–H groups in total. The van der Waals surface area contributed by atoms with Crippen LogP contribution in [0.15, 0.2) is 47.1 Å². The molecule has 0 saturated carbocycles. The fourth-order valence-electron chi connectivity index (χ4n) is 2.35. The van der Waals surface area contributed by atoms with Gasteiger partial charge in [-0.3, -0.25) is 9.59 Å². The van der Waals surface area contributed by atoms with E-state index in [1.807, 2.05) is 0 Å². The van der Waals surface area contributed by atoms with Crippen LogP contribution in [0.1, 0.15) is 36.9 Å². The number of benzene rings is 1. The number of carbonyl (C=O) groups is 3. The first-order chi connectivity index (χ1) is 13.3. The highest BCUT2D eigenvalue weighted by atomic mass is 19.1. The summed E-state index contributed by atoms with van der Waals surface area (Å²) < 4.78 is 23.1. The summed E-state index contributed by atoms with van der Waals surface area (Å²) >= 11 is 0. The Hall–Kier alpha value is -3.16. The van der Waals surface area contributed by atoms with Gasteiger partial charge in [0.1, 0.15) is 11.9 Å². The Morgan fingerprint density at radius 3 is 2.36 bits per heavy atom. The molecule has 0 radical (unpaired) electrons. The maximum absolute atomic E-state index is 12.9. The fourth-order valence-corrected chi connectivity index (χ4v) is 2.35. The lowest BCUT2D eigenvalue weighted by atomic mass is 10.0. The van der Waals surface area contributed by atoms with E-state index in [1.54, 1.807) is 32.0 Å². The third-order valence-electron chi connectivity index (χ3n) is 3.99. The minimum Gasteiger partial charge on any atom is -0.459 e. The van der Waals surface area contributed by atoms with Crippen molar-refractivity contribution in [2.75, 3.05) is 0 Å². The Morgan fingerprint density at radius 2 is 1.79 bits per heavy atom. The van der Waals surface area contributed by atoms with Crippen LogP contribution in [0, 0.1) is 11.7 Å². The van der Waals surface area contributed by atoms with Crippen molar-refractivity contribution in [3.05, 3.63) is 59.8 Å². The molecule has 7 nitrogen and oxygen atoms in total. The van der Waals surface area contributed by atoms with Crippen LogP contribution in [-0.2, 0) is 20.9 Å². The number of carbonyl (C=O) groups excluding carboxylic acids is 3. The summed E-state index contributed by atoms with van der Waals surface area (Å²) in [5.74, 6) is -2.33. The van der Waals surface area contributed by atoms with E-state index in [-0.39, 0.29) is 24.0 Å². The predicted molar refractivity (Wildman–Crippen MR) is 98.6 cm³/mol. The van der Waals surface area contributed by atoms with Crippen molar-refractivity contribution in [2.24, 2.45) is 5.92 Å². The first-order valence-corrected chi connectivity index (χ1v) is 8.85. The Balaban J connectivity index is 1.89. The molecule has 1 aromatic carbocycles. The molecule has 150 valence electrons. The van der Waals surface area contributed by atoms with Crippen LogP contribution in [0.2, 0.25) is 0 Å². The molecule has 2 rings (SSSR count). The summed E-state index contributed by atoms with van der Waals surface area (Å²) in [4.78, 5) is 36.7. The lowest BCUT2D eigenvalue weighted by molar-refractivity contribution is -0.157. The van der Waals surface area contributed by atoms with Crippen LogP contribution in [0.3, 0.4) is 0 Å². The number of rotatable bonds is 8. The van der Waals surface area contributed by atoms with Crippen LogP contribution in [-0.4, -0.2) is 29.9 Å². The molecule has 0 aliphatic heterocycles. The number of esters is 1. The van der Waals surface area contributed by atoms with Gasteiger partial charge in [0.15, 0.2) is 11.9 Å². The summed E-state index contributed by atoms with van der Waals surface area (Å²) in [6.45, 7) is 5.09. The van der Waals surface area contributed by atoms with Crippen molar-refractivity contribution in [1.82, 2.24) is 10.6 Å². The first kappa shape index (κ1) is 21.1. The smallest absolute Gasteiger partial charge is 0.329 e. The summed E-state index contributed by atoms with van der Waals surface area (Å²) in [6, 6.07) is 7.77. The van der Waals surface area contributed by atoms with Crippen LogP contribution in [0.25, 0.3) is 0 Å². The van der Waals surface area contributed by atoms with Crippen LogP contribution >= 0.6 is 0 Å². The van der Waals surface area contributed by atoms with Gasteiger partial charge in [0.2, 0.25) is 0 Å². The van der Waals surface area contributed by atoms with Gasteiger partial charge < -0.3 is 19.8 Å². The minimum atomic E-state index is -1.06. The number of ether oxygens (including phenoxy) is 1. The monoisotopic (exact) mass is 390 g/mol. The largest absolute Gasteiger partial charge is 0.459 e. The molecule has 0 aliphatic rings. The number of halogens is 1. The molecule has 0 fully saturated rings. The van der Waals surface area contributed by atoms with E-state index in [2.05, 4.69) is 10.6 Å². The van der Waals surface area contributed by atoms with Crippen LogP contribution < -0.4 is 10.6 Å². The predicted octanol–water partition coefficient (Wildman–Crippen LogP) is 2.42. The average molecular weight is 390 g/mol. The standard InChI is InChI=1S/C20H23FN2O5/c1-12(2)17(23-19(25)16-5-4-10-27-16)20(26)28-13(3)18(24)22-11-14-6-8-15(21)9-7-14/h4-10,12-13,17H,11H2,1-3H3,(H,22,24)(H,23,25)/t13-,17+/m1/s1. The first-order valence-electron chi connectivity index (χ1n) is 8.85. The zero-order chi connectivity index (χ0) is 20.7. The Kier molecular flexibility index (Phi) is 7.31. The summed E-state index contributed by atoms with van der Waals surface area (Å²) in [7, 11) is 0. The van der Waals surface area contributed by atoms with Crippen molar-refractivity contribution in [3.63, 3.8) is 0 Å². The minimum absolute atomic E-state index is 0.0727. The zero-order valence-corrected chi connectivity index (χ0v) is 15.9. The Bertz CT molecular complexity index is 803. The topological polar surface area (TPSA) is 97.6 Å². The third-order valence-corrected chi connectivity index (χ3v) is 3.99. The van der Waals surface area contributed by atoms with Gasteiger partial charge in [0.25, 0.3) is 11.8 Å². The highest BCUT2D eigenvalue weighted by molar-refractivity contribution is 5.95. The highest BCUT2D eigenvalue weighted by Gasteiger charge is 2.29. The van der Waals surface area contributed by atoms with Crippen molar-refractivity contribution in [3.8, 4) is 0 Å². The van der Waals surface area contributed by atoms with Gasteiger partial charge in [-0.05, 0) is 42.7 Å². The van der Waals surface area contributed by atoms with E-state index in [1.165, 1.54) is 31.4 Å². The lowest BCUT2D eigenvalue weighted by Gasteiger charge is -2.22. The molecule has 8 heteroatoms. The quantitative estimate of drug-likeness (QED) is 0.675.